The van der Waals surface area contributed by atoms with E-state index in [1.54, 1.807) is 31.3 Å². The Balaban J connectivity index is 1.99. The van der Waals surface area contributed by atoms with Gasteiger partial charge in [-0.25, -0.2) is 0 Å². The van der Waals surface area contributed by atoms with Crippen LogP contribution in [0.25, 0.3) is 0 Å². The van der Waals surface area contributed by atoms with E-state index in [2.05, 4.69) is 5.32 Å². The van der Waals surface area contributed by atoms with E-state index in [1.165, 1.54) is 0 Å². The number of aliphatic carboxylic acids is 1. The molecule has 104 valence electrons. The molecule has 1 aliphatic rings. The predicted octanol–water partition coefficient (Wildman–Crippen LogP) is 1.15. The third-order valence-electron chi connectivity index (χ3n) is 3.77. The Morgan fingerprint density at radius 1 is 1.47 bits per heavy atom. The summed E-state index contributed by atoms with van der Waals surface area (Å²) >= 11 is 0. The number of hydrogen-bond donors (Lipinski definition) is 3. The Bertz CT molecular complexity index is 445. The second kappa shape index (κ2) is 5.59. The molecule has 1 aromatic rings. The van der Waals surface area contributed by atoms with Crippen molar-refractivity contribution >= 4 is 5.97 Å². The number of carbonyl (C=O) groups is 1. The number of rotatable bonds is 5. The molecule has 1 aromatic carbocycles. The molecule has 0 amide bonds. The lowest BCUT2D eigenvalue weighted by Gasteiger charge is -2.23. The third kappa shape index (κ3) is 2.88. The number of carboxylic acids is 1. The highest BCUT2D eigenvalue weighted by Gasteiger charge is 2.45. The minimum absolute atomic E-state index is 0.00554. The summed E-state index contributed by atoms with van der Waals surface area (Å²) in [7, 11) is 1.67. The largest absolute Gasteiger partial charge is 0.490 e. The Kier molecular flexibility index (Phi) is 4.07. The number of ether oxygens (including phenoxy) is 1. The Labute approximate surface area is 112 Å². The molecule has 2 rings (SSSR count). The summed E-state index contributed by atoms with van der Waals surface area (Å²) in [6, 6.07) is 7.19. The fourth-order valence-electron chi connectivity index (χ4n) is 2.49. The van der Waals surface area contributed by atoms with E-state index < -0.39 is 11.5 Å². The average molecular weight is 265 g/mol. The van der Waals surface area contributed by atoms with Gasteiger partial charge in [0.05, 0.1) is 6.61 Å². The van der Waals surface area contributed by atoms with E-state index in [4.69, 9.17) is 9.84 Å². The van der Waals surface area contributed by atoms with Crippen molar-refractivity contribution in [1.82, 2.24) is 5.32 Å². The molecule has 0 spiro atoms. The Morgan fingerprint density at radius 2 is 2.16 bits per heavy atom. The second-order valence-electron chi connectivity index (χ2n) is 4.92. The lowest BCUT2D eigenvalue weighted by atomic mass is 9.98. The molecule has 5 heteroatoms. The van der Waals surface area contributed by atoms with Gasteiger partial charge in [-0.3, -0.25) is 4.79 Å². The molecule has 1 saturated carbocycles. The molecule has 2 unspecified atom stereocenters. The van der Waals surface area contributed by atoms with Crippen LogP contribution in [0.3, 0.4) is 0 Å². The normalized spacial score (nSPS) is 26.3. The molecule has 0 aromatic heterocycles. The van der Waals surface area contributed by atoms with Gasteiger partial charge in [0.25, 0.3) is 0 Å². The van der Waals surface area contributed by atoms with Gasteiger partial charge in [0.2, 0.25) is 0 Å². The third-order valence-corrected chi connectivity index (χ3v) is 3.77. The van der Waals surface area contributed by atoms with Gasteiger partial charge < -0.3 is 20.3 Å². The summed E-state index contributed by atoms with van der Waals surface area (Å²) in [6.07, 6.45) is 1.65. The van der Waals surface area contributed by atoms with Crippen molar-refractivity contribution < 1.29 is 19.7 Å². The zero-order valence-corrected chi connectivity index (χ0v) is 10.9. The molecule has 3 N–H and O–H groups in total. The summed E-state index contributed by atoms with van der Waals surface area (Å²) in [5, 5.41) is 21.1. The summed E-state index contributed by atoms with van der Waals surface area (Å²) in [6.45, 7) is 0.00554. The molecule has 1 aliphatic carbocycles. The van der Waals surface area contributed by atoms with Crippen molar-refractivity contribution in [2.45, 2.75) is 37.5 Å². The number of hydrogen-bond acceptors (Lipinski definition) is 4. The quantitative estimate of drug-likeness (QED) is 0.744. The Hall–Kier alpha value is -1.59. The summed E-state index contributed by atoms with van der Waals surface area (Å²) in [5.74, 6) is -0.115. The van der Waals surface area contributed by atoms with Gasteiger partial charge in [0.15, 0.2) is 0 Å². The molecular formula is C14H19NO4. The fourth-order valence-corrected chi connectivity index (χ4v) is 2.49. The van der Waals surface area contributed by atoms with Crippen molar-refractivity contribution in [2.24, 2.45) is 0 Å². The van der Waals surface area contributed by atoms with Gasteiger partial charge in [-0.05, 0) is 37.6 Å². The van der Waals surface area contributed by atoms with Crippen LogP contribution in [0.15, 0.2) is 24.3 Å². The zero-order chi connectivity index (χ0) is 13.9. The monoisotopic (exact) mass is 265 g/mol. The summed E-state index contributed by atoms with van der Waals surface area (Å²) < 4.78 is 5.80. The summed E-state index contributed by atoms with van der Waals surface area (Å²) in [5.41, 5.74) is -0.0377. The molecule has 19 heavy (non-hydrogen) atoms. The maximum absolute atomic E-state index is 11.3. The van der Waals surface area contributed by atoms with Crippen LogP contribution >= 0.6 is 0 Å². The number of carboxylic acid groups (broad SMARTS) is 1. The first-order valence-corrected chi connectivity index (χ1v) is 6.38. The van der Waals surface area contributed by atoms with E-state index >= 15 is 0 Å². The minimum atomic E-state index is -0.865. The number of aliphatic hydroxyl groups excluding tert-OH is 1. The highest BCUT2D eigenvalue weighted by atomic mass is 16.5. The van der Waals surface area contributed by atoms with Gasteiger partial charge in [0, 0.05) is 6.42 Å². The topological polar surface area (TPSA) is 78.8 Å². The van der Waals surface area contributed by atoms with Gasteiger partial charge in [-0.1, -0.05) is 12.1 Å². The van der Waals surface area contributed by atoms with Gasteiger partial charge in [0.1, 0.15) is 17.4 Å². The maximum Gasteiger partial charge on any atom is 0.324 e. The predicted molar refractivity (Wildman–Crippen MR) is 70.1 cm³/mol. The number of nitrogens with one attached hydrogen (secondary N) is 1. The molecule has 0 saturated heterocycles. The van der Waals surface area contributed by atoms with E-state index in [9.17, 15) is 9.90 Å². The van der Waals surface area contributed by atoms with Crippen LogP contribution < -0.4 is 10.1 Å². The van der Waals surface area contributed by atoms with Crippen LogP contribution in [0.1, 0.15) is 24.8 Å². The first-order chi connectivity index (χ1) is 9.09. The van der Waals surface area contributed by atoms with Crippen LogP contribution in [0.5, 0.6) is 5.75 Å². The van der Waals surface area contributed by atoms with Crippen LogP contribution in [0.4, 0.5) is 0 Å². The highest BCUT2D eigenvalue weighted by Crippen LogP contribution is 2.32. The summed E-state index contributed by atoms with van der Waals surface area (Å²) in [4.78, 5) is 11.3. The molecule has 1 fully saturated rings. The second-order valence-corrected chi connectivity index (χ2v) is 4.92. The molecule has 0 radical (unpaired) electrons. The van der Waals surface area contributed by atoms with Crippen molar-refractivity contribution in [2.75, 3.05) is 7.05 Å². The van der Waals surface area contributed by atoms with Crippen LogP contribution in [0.2, 0.25) is 0 Å². The van der Waals surface area contributed by atoms with Crippen molar-refractivity contribution in [3.05, 3.63) is 29.8 Å². The van der Waals surface area contributed by atoms with Crippen molar-refractivity contribution in [3.8, 4) is 5.75 Å². The molecule has 0 heterocycles. The van der Waals surface area contributed by atoms with Crippen molar-refractivity contribution in [3.63, 3.8) is 0 Å². The van der Waals surface area contributed by atoms with Crippen LogP contribution in [0, 0.1) is 0 Å². The lowest BCUT2D eigenvalue weighted by Crippen LogP contribution is -2.48. The van der Waals surface area contributed by atoms with Crippen LogP contribution in [-0.2, 0) is 11.4 Å². The Morgan fingerprint density at radius 3 is 2.63 bits per heavy atom. The maximum atomic E-state index is 11.3. The van der Waals surface area contributed by atoms with E-state index in [0.717, 1.165) is 12.0 Å². The molecule has 5 nitrogen and oxygen atoms in total. The number of likely N-dealkylation sites (N-methyl/N-ethyl adjacent to an activating group) is 1. The standard InChI is InChI=1S/C14H19NO4/c1-15-14(13(17)18)7-6-12(8-14)19-11-4-2-10(9-16)3-5-11/h2-5,12,15-16H,6-9H2,1H3,(H,17,18). The first-order valence-electron chi connectivity index (χ1n) is 6.38. The molecule has 0 aliphatic heterocycles. The van der Waals surface area contributed by atoms with E-state index in [-0.39, 0.29) is 12.7 Å². The number of aliphatic hydroxyl groups is 1. The SMILES string of the molecule is CNC1(C(=O)O)CCC(Oc2ccc(CO)cc2)C1. The molecule has 2 atom stereocenters. The van der Waals surface area contributed by atoms with E-state index in [1.807, 2.05) is 0 Å². The number of benzene rings is 1. The van der Waals surface area contributed by atoms with E-state index in [0.29, 0.717) is 18.6 Å². The van der Waals surface area contributed by atoms with Gasteiger partial charge >= 0.3 is 5.97 Å². The minimum Gasteiger partial charge on any atom is -0.490 e. The highest BCUT2D eigenvalue weighted by molar-refractivity contribution is 5.79. The fraction of sp³-hybridized carbons (Fsp3) is 0.500. The average Bonchev–Trinajstić information content (AvgIpc) is 2.84. The zero-order valence-electron chi connectivity index (χ0n) is 10.9. The van der Waals surface area contributed by atoms with Crippen LogP contribution in [-0.4, -0.2) is 34.9 Å². The first kappa shape index (κ1) is 13.8. The lowest BCUT2D eigenvalue weighted by molar-refractivity contribution is -0.144. The van der Waals surface area contributed by atoms with Crippen molar-refractivity contribution in [1.29, 1.82) is 0 Å². The molecule has 0 bridgehead atoms. The van der Waals surface area contributed by atoms with Gasteiger partial charge in [-0.2, -0.15) is 0 Å². The molecular weight excluding hydrogens is 246 g/mol. The smallest absolute Gasteiger partial charge is 0.324 e. The van der Waals surface area contributed by atoms with Gasteiger partial charge in [-0.15, -0.1) is 0 Å².